The summed E-state index contributed by atoms with van der Waals surface area (Å²) in [6.45, 7) is 3.96. The highest BCUT2D eigenvalue weighted by Crippen LogP contribution is 2.29. The van der Waals surface area contributed by atoms with E-state index in [1.54, 1.807) is 16.6 Å². The first-order valence-electron chi connectivity index (χ1n) is 11.7. The number of aliphatic hydroxyl groups excluding tert-OH is 1. The lowest BCUT2D eigenvalue weighted by Crippen LogP contribution is -2.36. The number of hydrogen-bond donors (Lipinski definition) is 2. The van der Waals surface area contributed by atoms with Crippen molar-refractivity contribution in [3.63, 3.8) is 0 Å². The summed E-state index contributed by atoms with van der Waals surface area (Å²) in [5.74, 6) is -0.128. The molecule has 2 N–H and O–H groups in total. The minimum Gasteiger partial charge on any atom is -0.394 e. The number of hydrogen-bond acceptors (Lipinski definition) is 6. The highest BCUT2D eigenvalue weighted by molar-refractivity contribution is 5.99. The van der Waals surface area contributed by atoms with E-state index in [2.05, 4.69) is 37.4 Å². The van der Waals surface area contributed by atoms with Gasteiger partial charge < -0.3 is 10.0 Å². The molecule has 4 aromatic rings. The number of carbonyl (C=O) groups excluding carboxylic acids is 1. The van der Waals surface area contributed by atoms with Crippen LogP contribution in [0.4, 0.5) is 0 Å². The Bertz CT molecular complexity index is 1430. The zero-order chi connectivity index (χ0) is 24.7. The Hall–Kier alpha value is -3.76. The summed E-state index contributed by atoms with van der Waals surface area (Å²) in [5.41, 5.74) is 6.92. The monoisotopic (exact) mass is 474 g/mol. The number of aromatic nitrogens is 6. The highest BCUT2D eigenvalue weighted by Gasteiger charge is 2.24. The lowest BCUT2D eigenvalue weighted by atomic mass is 10.0. The molecule has 0 fully saturated rings. The molecule has 2 bridgehead atoms. The van der Waals surface area contributed by atoms with Gasteiger partial charge >= 0.3 is 0 Å². The van der Waals surface area contributed by atoms with Gasteiger partial charge in [0.15, 0.2) is 0 Å². The van der Waals surface area contributed by atoms with Crippen LogP contribution in [0.15, 0.2) is 24.4 Å². The van der Waals surface area contributed by atoms with E-state index in [0.717, 1.165) is 44.7 Å². The summed E-state index contributed by atoms with van der Waals surface area (Å²) >= 11 is 0. The first-order valence-corrected chi connectivity index (χ1v) is 11.7. The van der Waals surface area contributed by atoms with Crippen molar-refractivity contribution in [3.05, 3.63) is 52.7 Å². The summed E-state index contributed by atoms with van der Waals surface area (Å²) in [4.78, 5) is 17.4. The Morgan fingerprint density at radius 2 is 1.97 bits per heavy atom. The molecule has 0 aliphatic carbocycles. The molecule has 5 rings (SSSR count). The number of carbonyl (C=O) groups is 1. The van der Waals surface area contributed by atoms with Crippen molar-refractivity contribution >= 4 is 29.0 Å². The van der Waals surface area contributed by atoms with E-state index in [1.807, 2.05) is 50.1 Å². The van der Waals surface area contributed by atoms with E-state index < -0.39 is 0 Å². The molecule has 0 saturated carbocycles. The third-order valence-corrected chi connectivity index (χ3v) is 6.64. The smallest absolute Gasteiger partial charge is 0.272 e. The molecular formula is C25H30N8O2. The zero-order valence-corrected chi connectivity index (χ0v) is 20.5. The third kappa shape index (κ3) is 4.15. The summed E-state index contributed by atoms with van der Waals surface area (Å²) < 4.78 is 3.51. The lowest BCUT2D eigenvalue weighted by Gasteiger charge is -2.23. The van der Waals surface area contributed by atoms with Crippen LogP contribution in [0.1, 0.15) is 33.1 Å². The summed E-state index contributed by atoms with van der Waals surface area (Å²) in [7, 11) is 5.80. The van der Waals surface area contributed by atoms with Crippen molar-refractivity contribution in [1.82, 2.24) is 39.6 Å². The van der Waals surface area contributed by atoms with Crippen molar-refractivity contribution in [2.75, 3.05) is 33.8 Å². The fourth-order valence-corrected chi connectivity index (χ4v) is 4.60. The lowest BCUT2D eigenvalue weighted by molar-refractivity contribution is 0.0767. The molecule has 4 heterocycles. The zero-order valence-electron chi connectivity index (χ0n) is 20.5. The molecule has 35 heavy (non-hydrogen) atoms. The standard InChI is InChI=1S/C25H30N8O2/c1-16-18-6-8-22-19-13-17(5-7-21(19)27-28-22)20-14-26-32(4)23(20)15-30(2)9-10-31(3)25(35)24(18)33(29-16)11-12-34/h5-8,13-14,34H,9-12,15H2,1-4H3,(H,27,28)/b8-6+. The minimum atomic E-state index is -0.128. The van der Waals surface area contributed by atoms with Crippen molar-refractivity contribution in [1.29, 1.82) is 0 Å². The van der Waals surface area contributed by atoms with Gasteiger partial charge in [0, 0.05) is 50.2 Å². The van der Waals surface area contributed by atoms with Crippen molar-refractivity contribution in [2.45, 2.75) is 20.0 Å². The molecule has 3 aromatic heterocycles. The molecule has 0 saturated heterocycles. The number of nitrogens with one attached hydrogen (secondary N) is 1. The van der Waals surface area contributed by atoms with E-state index in [-0.39, 0.29) is 19.1 Å². The Labute approximate surface area is 203 Å². The second kappa shape index (κ2) is 9.12. The summed E-state index contributed by atoms with van der Waals surface area (Å²) in [6, 6.07) is 6.22. The predicted molar refractivity (Wildman–Crippen MR) is 135 cm³/mol. The number of fused-ring (bicyclic) bond motifs is 4. The van der Waals surface area contributed by atoms with Crippen molar-refractivity contribution in [2.24, 2.45) is 7.05 Å². The van der Waals surface area contributed by atoms with E-state index in [9.17, 15) is 9.90 Å². The van der Waals surface area contributed by atoms with Crippen LogP contribution >= 0.6 is 0 Å². The largest absolute Gasteiger partial charge is 0.394 e. The Morgan fingerprint density at radius 1 is 1.14 bits per heavy atom. The number of benzene rings is 1. The molecule has 10 nitrogen and oxygen atoms in total. The Balaban J connectivity index is 1.69. The van der Waals surface area contributed by atoms with Crippen LogP contribution in [-0.2, 0) is 20.1 Å². The van der Waals surface area contributed by atoms with Gasteiger partial charge in [-0.25, -0.2) is 0 Å². The predicted octanol–water partition coefficient (Wildman–Crippen LogP) is 2.15. The molecular weight excluding hydrogens is 444 g/mol. The summed E-state index contributed by atoms with van der Waals surface area (Å²) in [6.07, 6.45) is 5.75. The molecule has 0 unspecified atom stereocenters. The molecule has 1 aliphatic heterocycles. The van der Waals surface area contributed by atoms with Crippen molar-refractivity contribution < 1.29 is 9.90 Å². The fraction of sp³-hybridized carbons (Fsp3) is 0.360. The van der Waals surface area contributed by atoms with Crippen LogP contribution in [0.2, 0.25) is 0 Å². The normalized spacial score (nSPS) is 16.1. The second-order valence-corrected chi connectivity index (χ2v) is 9.09. The van der Waals surface area contributed by atoms with E-state index >= 15 is 0 Å². The fourth-order valence-electron chi connectivity index (χ4n) is 4.60. The van der Waals surface area contributed by atoms with Gasteiger partial charge in [-0.3, -0.25) is 24.2 Å². The molecule has 1 aromatic carbocycles. The molecule has 0 atom stereocenters. The summed E-state index contributed by atoms with van der Waals surface area (Å²) in [5, 5.41) is 27.2. The van der Waals surface area contributed by atoms with Crippen molar-refractivity contribution in [3.8, 4) is 11.1 Å². The number of nitrogens with zero attached hydrogens (tertiary/aromatic N) is 7. The number of aliphatic hydroxyl groups is 1. The van der Waals surface area contributed by atoms with Gasteiger partial charge in [0.05, 0.1) is 41.9 Å². The average Bonchev–Trinajstić information content (AvgIpc) is 3.50. The van der Waals surface area contributed by atoms with Crippen LogP contribution in [0.3, 0.4) is 0 Å². The number of H-pyrrole nitrogens is 1. The first kappa shape index (κ1) is 23.0. The quantitative estimate of drug-likeness (QED) is 0.461. The van der Waals surface area contributed by atoms with E-state index in [0.29, 0.717) is 25.3 Å². The van der Waals surface area contributed by atoms with Gasteiger partial charge in [-0.1, -0.05) is 6.07 Å². The molecule has 10 heteroatoms. The molecule has 0 spiro atoms. The van der Waals surface area contributed by atoms with Crippen LogP contribution in [0.5, 0.6) is 0 Å². The third-order valence-electron chi connectivity index (χ3n) is 6.64. The number of rotatable bonds is 2. The Morgan fingerprint density at radius 3 is 2.77 bits per heavy atom. The van der Waals surface area contributed by atoms with E-state index in [4.69, 9.17) is 0 Å². The topological polar surface area (TPSA) is 108 Å². The van der Waals surface area contributed by atoms with Crippen LogP contribution < -0.4 is 0 Å². The minimum absolute atomic E-state index is 0.0992. The SMILES string of the molecule is Cc1nn(CCO)c2c1/C=C/c1[nH]nc3ccc(cc13)-c1cnn(C)c1CN(C)CCN(C)C2=O. The van der Waals surface area contributed by atoms with E-state index in [1.165, 1.54) is 0 Å². The maximum absolute atomic E-state index is 13.5. The van der Waals surface area contributed by atoms with Gasteiger partial charge in [0.25, 0.3) is 5.91 Å². The Kier molecular flexibility index (Phi) is 6.00. The van der Waals surface area contributed by atoms with Gasteiger partial charge in [0.2, 0.25) is 0 Å². The van der Waals surface area contributed by atoms with Gasteiger partial charge in [-0.05, 0) is 43.8 Å². The number of likely N-dealkylation sites (N-methyl/N-ethyl adjacent to an activating group) is 2. The molecule has 1 aliphatic rings. The van der Waals surface area contributed by atoms with Gasteiger partial charge in [-0.15, -0.1) is 0 Å². The molecule has 1 amide bonds. The number of aryl methyl sites for hydroxylation is 2. The average molecular weight is 475 g/mol. The maximum Gasteiger partial charge on any atom is 0.272 e. The van der Waals surface area contributed by atoms with Crippen LogP contribution in [0.25, 0.3) is 34.2 Å². The number of aromatic amines is 1. The maximum atomic E-state index is 13.5. The van der Waals surface area contributed by atoms with Gasteiger partial charge in [-0.2, -0.15) is 15.3 Å². The number of amides is 1. The first-order chi connectivity index (χ1) is 16.9. The molecule has 0 radical (unpaired) electrons. The highest BCUT2D eigenvalue weighted by atomic mass is 16.3. The van der Waals surface area contributed by atoms with Crippen LogP contribution in [0, 0.1) is 6.92 Å². The second-order valence-electron chi connectivity index (χ2n) is 9.09. The molecule has 182 valence electrons. The van der Waals surface area contributed by atoms with Crippen LogP contribution in [-0.4, -0.2) is 84.4 Å². The van der Waals surface area contributed by atoms with Gasteiger partial charge in [0.1, 0.15) is 5.69 Å².